The lowest BCUT2D eigenvalue weighted by molar-refractivity contribution is 0.370. The van der Waals surface area contributed by atoms with Crippen molar-refractivity contribution in [1.29, 1.82) is 0 Å². The van der Waals surface area contributed by atoms with Crippen molar-refractivity contribution in [3.8, 4) is 17.2 Å². The van der Waals surface area contributed by atoms with Gasteiger partial charge in [0, 0.05) is 28.2 Å². The van der Waals surface area contributed by atoms with Crippen LogP contribution in [0.15, 0.2) is 67.6 Å². The Kier molecular flexibility index (Phi) is 5.07. The first-order chi connectivity index (χ1) is 14.0. The van der Waals surface area contributed by atoms with Crippen LogP contribution in [0, 0.1) is 6.92 Å². The Morgan fingerprint density at radius 3 is 2.72 bits per heavy atom. The van der Waals surface area contributed by atoms with Crippen LogP contribution in [-0.4, -0.2) is 23.0 Å². The maximum Gasteiger partial charge on any atom is 0.348 e. The van der Waals surface area contributed by atoms with E-state index in [-0.39, 0.29) is 22.3 Å². The van der Waals surface area contributed by atoms with E-state index in [0.717, 1.165) is 4.90 Å². The number of thioether (sulfide) groups is 1. The van der Waals surface area contributed by atoms with E-state index in [2.05, 4.69) is 4.99 Å². The van der Waals surface area contributed by atoms with Crippen LogP contribution in [0.2, 0.25) is 0 Å². The fraction of sp³-hybridized carbons (Fsp3) is 0.182. The van der Waals surface area contributed by atoms with Crippen LogP contribution in [0.4, 0.5) is 5.69 Å². The van der Waals surface area contributed by atoms with E-state index >= 15 is 0 Å². The summed E-state index contributed by atoms with van der Waals surface area (Å²) in [5, 5.41) is 20.9. The number of fused-ring (bicyclic) bond motifs is 1. The van der Waals surface area contributed by atoms with E-state index in [1.54, 1.807) is 19.1 Å². The first-order valence-corrected chi connectivity index (χ1v) is 9.89. The summed E-state index contributed by atoms with van der Waals surface area (Å²) in [4.78, 5) is 18.1. The van der Waals surface area contributed by atoms with E-state index in [9.17, 15) is 15.0 Å². The quantitative estimate of drug-likeness (QED) is 0.650. The van der Waals surface area contributed by atoms with Crippen LogP contribution < -0.4 is 10.4 Å². The zero-order valence-corrected chi connectivity index (χ0v) is 16.7. The molecule has 6 nitrogen and oxygen atoms in total. The molecule has 29 heavy (non-hydrogen) atoms. The minimum absolute atomic E-state index is 0.0419. The zero-order valence-electron chi connectivity index (χ0n) is 15.9. The number of aromatic hydroxyl groups is 2. The summed E-state index contributed by atoms with van der Waals surface area (Å²) in [6.45, 7) is 1.60. The number of aryl methyl sites for hydroxylation is 1. The number of hydrogen-bond acceptors (Lipinski definition) is 7. The average molecular weight is 409 g/mol. The highest BCUT2D eigenvalue weighted by atomic mass is 32.2. The molecule has 7 heteroatoms. The number of rotatable bonds is 3. The van der Waals surface area contributed by atoms with Gasteiger partial charge in [-0.3, -0.25) is 4.99 Å². The number of hydrogen-bond donors (Lipinski definition) is 2. The zero-order chi connectivity index (χ0) is 20.5. The van der Waals surface area contributed by atoms with Gasteiger partial charge in [0.1, 0.15) is 17.1 Å². The molecule has 3 aromatic rings. The van der Waals surface area contributed by atoms with Gasteiger partial charge in [-0.1, -0.05) is 24.3 Å². The third kappa shape index (κ3) is 3.61. The molecule has 1 aromatic heterocycles. The Hall–Kier alpha value is -3.19. The Labute approximate surface area is 171 Å². The number of phenols is 1. The Bertz CT molecular complexity index is 1170. The lowest BCUT2D eigenvalue weighted by Crippen LogP contribution is -2.17. The third-order valence-electron chi connectivity index (χ3n) is 4.71. The molecule has 0 radical (unpaired) electrons. The molecule has 2 N–H and O–H groups in total. The van der Waals surface area contributed by atoms with Crippen LogP contribution in [0.25, 0.3) is 0 Å². The van der Waals surface area contributed by atoms with Crippen LogP contribution in [-0.2, 0) is 0 Å². The molecule has 0 fully saturated rings. The normalized spacial score (nSPS) is 15.9. The fourth-order valence-corrected chi connectivity index (χ4v) is 4.62. The predicted octanol–water partition coefficient (Wildman–Crippen LogP) is 4.73. The molecule has 0 amide bonds. The Balaban J connectivity index is 1.89. The molecule has 0 saturated heterocycles. The van der Waals surface area contributed by atoms with Crippen molar-refractivity contribution in [2.45, 2.75) is 23.5 Å². The largest absolute Gasteiger partial charge is 0.507 e. The first-order valence-electron chi connectivity index (χ1n) is 9.01. The highest BCUT2D eigenvalue weighted by molar-refractivity contribution is 7.99. The fourth-order valence-electron chi connectivity index (χ4n) is 3.37. The van der Waals surface area contributed by atoms with Crippen LogP contribution >= 0.6 is 11.8 Å². The number of aliphatic imine (C=N–C) groups is 1. The van der Waals surface area contributed by atoms with Gasteiger partial charge < -0.3 is 19.4 Å². The molecule has 0 spiro atoms. The summed E-state index contributed by atoms with van der Waals surface area (Å²) in [7, 11) is 1.50. The minimum Gasteiger partial charge on any atom is -0.507 e. The topological polar surface area (TPSA) is 92.3 Å². The SMILES string of the molecule is COc1cccc([C@@H]2CC(c3c(O)cc(C)oc3=O)=Nc3ccccc3S2)c1O. The summed E-state index contributed by atoms with van der Waals surface area (Å²) in [5.74, 6) is 0.570. The lowest BCUT2D eigenvalue weighted by Gasteiger charge is -2.18. The van der Waals surface area contributed by atoms with Crippen molar-refractivity contribution in [2.75, 3.05) is 7.11 Å². The molecule has 1 atom stereocenters. The standard InChI is InChI=1S/C22H19NO5S/c1-12-10-16(24)20(22(26)28-12)15-11-19(13-6-5-8-17(27-2)21(13)25)29-18-9-4-3-7-14(18)23-15/h3-10,19,24-25H,11H2,1-2H3/t19-/m0/s1. The average Bonchev–Trinajstić information content (AvgIpc) is 2.86. The Morgan fingerprint density at radius 1 is 1.17 bits per heavy atom. The smallest absolute Gasteiger partial charge is 0.348 e. The molecular formula is C22H19NO5S. The summed E-state index contributed by atoms with van der Waals surface area (Å²) in [5.41, 5.74) is 1.16. The summed E-state index contributed by atoms with van der Waals surface area (Å²) in [6.07, 6.45) is 0.307. The second-order valence-electron chi connectivity index (χ2n) is 6.64. The summed E-state index contributed by atoms with van der Waals surface area (Å²) in [6, 6.07) is 14.3. The Morgan fingerprint density at radius 2 is 1.97 bits per heavy atom. The highest BCUT2D eigenvalue weighted by Crippen LogP contribution is 2.49. The molecule has 2 heterocycles. The number of nitrogens with zero attached hydrogens (tertiary/aromatic N) is 1. The molecular weight excluding hydrogens is 390 g/mol. The van der Waals surface area contributed by atoms with Crippen molar-refractivity contribution in [3.05, 3.63) is 75.8 Å². The van der Waals surface area contributed by atoms with E-state index in [0.29, 0.717) is 34.9 Å². The highest BCUT2D eigenvalue weighted by Gasteiger charge is 2.28. The summed E-state index contributed by atoms with van der Waals surface area (Å²) < 4.78 is 10.4. The molecule has 148 valence electrons. The maximum absolute atomic E-state index is 12.5. The predicted molar refractivity (Wildman–Crippen MR) is 112 cm³/mol. The van der Waals surface area contributed by atoms with E-state index in [1.807, 2.05) is 30.3 Å². The van der Waals surface area contributed by atoms with E-state index in [4.69, 9.17) is 9.15 Å². The number of para-hydroxylation sites is 2. The molecule has 2 aromatic carbocycles. The van der Waals surface area contributed by atoms with Crippen LogP contribution in [0.5, 0.6) is 17.2 Å². The molecule has 0 aliphatic carbocycles. The minimum atomic E-state index is -0.640. The molecule has 0 unspecified atom stereocenters. The second kappa shape index (κ2) is 7.67. The van der Waals surface area contributed by atoms with Crippen LogP contribution in [0.1, 0.15) is 28.6 Å². The molecule has 1 aliphatic rings. The van der Waals surface area contributed by atoms with Crippen molar-refractivity contribution >= 4 is 23.2 Å². The van der Waals surface area contributed by atoms with Gasteiger partial charge in [-0.15, -0.1) is 11.8 Å². The molecule has 1 aliphatic heterocycles. The third-order valence-corrected chi connectivity index (χ3v) is 6.01. The van der Waals surface area contributed by atoms with Gasteiger partial charge in [-0.25, -0.2) is 4.79 Å². The van der Waals surface area contributed by atoms with Gasteiger partial charge in [0.15, 0.2) is 11.5 Å². The van der Waals surface area contributed by atoms with Gasteiger partial charge in [0.2, 0.25) is 0 Å². The van der Waals surface area contributed by atoms with E-state index in [1.165, 1.54) is 24.9 Å². The number of ether oxygens (including phenoxy) is 1. The molecule has 0 bridgehead atoms. The lowest BCUT2D eigenvalue weighted by atomic mass is 10.0. The van der Waals surface area contributed by atoms with E-state index < -0.39 is 5.63 Å². The summed E-state index contributed by atoms with van der Waals surface area (Å²) >= 11 is 1.53. The maximum atomic E-state index is 12.5. The first kappa shape index (κ1) is 19.1. The van der Waals surface area contributed by atoms with Gasteiger partial charge in [0.25, 0.3) is 0 Å². The second-order valence-corrected chi connectivity index (χ2v) is 7.88. The molecule has 0 saturated carbocycles. The van der Waals surface area contributed by atoms with Crippen molar-refractivity contribution < 1.29 is 19.4 Å². The number of benzene rings is 2. The van der Waals surface area contributed by atoms with Crippen molar-refractivity contribution in [3.63, 3.8) is 0 Å². The van der Waals surface area contributed by atoms with Gasteiger partial charge in [-0.05, 0) is 25.1 Å². The molecule has 4 rings (SSSR count). The van der Waals surface area contributed by atoms with Crippen LogP contribution in [0.3, 0.4) is 0 Å². The monoisotopic (exact) mass is 409 g/mol. The van der Waals surface area contributed by atoms with Crippen molar-refractivity contribution in [2.24, 2.45) is 4.99 Å². The van der Waals surface area contributed by atoms with Gasteiger partial charge in [0.05, 0.1) is 18.5 Å². The van der Waals surface area contributed by atoms with Crippen molar-refractivity contribution in [1.82, 2.24) is 0 Å². The number of methoxy groups -OCH3 is 1. The number of phenolic OH excluding ortho intramolecular Hbond substituents is 1. The van der Waals surface area contributed by atoms with Gasteiger partial charge >= 0.3 is 5.63 Å². The van der Waals surface area contributed by atoms with Gasteiger partial charge in [-0.2, -0.15) is 0 Å².